The van der Waals surface area contributed by atoms with Crippen LogP contribution in [0.1, 0.15) is 77.1 Å². The highest BCUT2D eigenvalue weighted by molar-refractivity contribution is 5.93. The van der Waals surface area contributed by atoms with Gasteiger partial charge in [-0.25, -0.2) is 19.8 Å². The van der Waals surface area contributed by atoms with Gasteiger partial charge in [0.1, 0.15) is 23.7 Å². The van der Waals surface area contributed by atoms with Crippen LogP contribution >= 0.6 is 0 Å². The van der Waals surface area contributed by atoms with E-state index in [0.29, 0.717) is 13.1 Å². The molecule has 4 aromatic carbocycles. The lowest BCUT2D eigenvalue weighted by Gasteiger charge is -2.29. The lowest BCUT2D eigenvalue weighted by atomic mass is 9.97. The quantitative estimate of drug-likeness (QED) is 0.0481. The standard InChI is InChI=1S/C46H52N8O6/c1-26(2)40(47-25-60-59-6)44(55)53-19-7-9-38(53)42-48-34-17-15-32(23-36(34)50-42)30-13-11-29-22-31(14-12-28(29)21-30)33-16-18-35-37(24-33)51-43(49-35)39-10-8-20-54(39)45(56)41(27(3)4)52-46(57)58-5/h11-18,21-27,38-41H,7-10,19-20H2,1-6H3,(H,48,50)(H,49,51)(H,52,57)/b47-25+/t38-,39-,40+,41+/m0/s1. The summed E-state index contributed by atoms with van der Waals surface area (Å²) < 4.78 is 4.78. The van der Waals surface area contributed by atoms with Crippen LogP contribution in [0.2, 0.25) is 0 Å². The number of nitrogens with zero attached hydrogens (tertiary/aromatic N) is 5. The van der Waals surface area contributed by atoms with Crippen molar-refractivity contribution >= 4 is 57.1 Å². The molecule has 0 bridgehead atoms. The third kappa shape index (κ3) is 8.03. The van der Waals surface area contributed by atoms with Crippen molar-refractivity contribution in [3.63, 3.8) is 0 Å². The van der Waals surface area contributed by atoms with Crippen molar-refractivity contribution < 1.29 is 28.9 Å². The number of amides is 3. The van der Waals surface area contributed by atoms with E-state index in [1.807, 2.05) is 43.6 Å². The van der Waals surface area contributed by atoms with E-state index >= 15 is 0 Å². The van der Waals surface area contributed by atoms with Gasteiger partial charge in [-0.2, -0.15) is 4.89 Å². The number of carbonyl (C=O) groups excluding carboxylic acids is 3. The van der Waals surface area contributed by atoms with Crippen molar-refractivity contribution in [2.75, 3.05) is 27.3 Å². The third-order valence-electron chi connectivity index (χ3n) is 11.8. The maximum Gasteiger partial charge on any atom is 0.407 e. The first kappa shape index (κ1) is 40.5. The number of H-pyrrole nitrogens is 2. The Hall–Kier alpha value is -6.28. The summed E-state index contributed by atoms with van der Waals surface area (Å²) in [4.78, 5) is 73.8. The highest BCUT2D eigenvalue weighted by atomic mass is 17.2. The number of alkyl carbamates (subject to hydrolysis) is 1. The average molecular weight is 813 g/mol. The van der Waals surface area contributed by atoms with Gasteiger partial charge in [0.15, 0.2) is 0 Å². The van der Waals surface area contributed by atoms with Crippen molar-refractivity contribution in [1.29, 1.82) is 0 Å². The molecule has 4 atom stereocenters. The molecule has 6 aromatic rings. The Bertz CT molecular complexity index is 2580. The van der Waals surface area contributed by atoms with Gasteiger partial charge in [0.25, 0.3) is 0 Å². The SMILES string of the molecule is COO/C=N/[C@@H](C(=O)N1CCC[C@H]1c1nc2cc(-c3ccc4cc(-c5ccc6[nH]c([C@@H]7CCCN7C(=O)[C@H](NC(=O)OC)C(C)C)nc6c5)ccc4c3)ccc2[nH]1)C(C)C. The Morgan fingerprint density at radius 3 is 1.70 bits per heavy atom. The van der Waals surface area contributed by atoms with Crippen molar-refractivity contribution in [3.8, 4) is 22.3 Å². The molecule has 0 radical (unpaired) electrons. The summed E-state index contributed by atoms with van der Waals surface area (Å²) in [6, 6.07) is 23.8. The van der Waals surface area contributed by atoms with Crippen molar-refractivity contribution in [2.45, 2.75) is 77.5 Å². The fourth-order valence-electron chi connectivity index (χ4n) is 8.66. The number of fused-ring (bicyclic) bond motifs is 3. The molecular formula is C46H52N8O6. The number of benzene rings is 4. The minimum atomic E-state index is -0.688. The van der Waals surface area contributed by atoms with Gasteiger partial charge in [0.05, 0.1) is 48.4 Å². The summed E-state index contributed by atoms with van der Waals surface area (Å²) in [6.07, 6.45) is 3.92. The molecule has 312 valence electrons. The first-order chi connectivity index (χ1) is 29.0. The van der Waals surface area contributed by atoms with E-state index in [9.17, 15) is 14.4 Å². The van der Waals surface area contributed by atoms with Gasteiger partial charge in [-0.1, -0.05) is 64.1 Å². The van der Waals surface area contributed by atoms with E-state index < -0.39 is 18.2 Å². The zero-order chi connectivity index (χ0) is 42.1. The van der Waals surface area contributed by atoms with E-state index in [2.05, 4.69) is 91.9 Å². The number of methoxy groups -OCH3 is 1. The van der Waals surface area contributed by atoms with Crippen LogP contribution in [0.3, 0.4) is 0 Å². The predicted octanol–water partition coefficient (Wildman–Crippen LogP) is 8.26. The van der Waals surface area contributed by atoms with Crippen LogP contribution in [0.4, 0.5) is 4.79 Å². The Labute approximate surface area is 348 Å². The van der Waals surface area contributed by atoms with Crippen molar-refractivity contribution in [2.24, 2.45) is 16.8 Å². The number of aliphatic imine (C=N–C) groups is 1. The molecule has 0 saturated carbocycles. The number of hydrogen-bond acceptors (Lipinski definition) is 9. The molecule has 4 heterocycles. The number of likely N-dealkylation sites (tertiary alicyclic amines) is 2. The minimum absolute atomic E-state index is 0.0134. The molecule has 2 aromatic heterocycles. The largest absolute Gasteiger partial charge is 0.453 e. The molecule has 0 aliphatic carbocycles. The maximum atomic E-state index is 13.7. The molecule has 14 heteroatoms. The molecule has 14 nitrogen and oxygen atoms in total. The number of aromatic amines is 2. The van der Waals surface area contributed by atoms with Crippen LogP contribution in [0.25, 0.3) is 55.1 Å². The molecule has 2 saturated heterocycles. The summed E-state index contributed by atoms with van der Waals surface area (Å²) in [5.41, 5.74) is 7.77. The topological polar surface area (TPSA) is 167 Å². The smallest absolute Gasteiger partial charge is 0.407 e. The zero-order valence-corrected chi connectivity index (χ0v) is 34.9. The van der Waals surface area contributed by atoms with Crippen LogP contribution in [0, 0.1) is 11.8 Å². The Balaban J connectivity index is 0.992. The number of rotatable bonds is 12. The fourth-order valence-corrected chi connectivity index (χ4v) is 8.66. The molecule has 2 aliphatic rings. The van der Waals surface area contributed by atoms with Crippen LogP contribution in [-0.4, -0.2) is 93.4 Å². The second kappa shape index (κ2) is 17.1. The van der Waals surface area contributed by atoms with Gasteiger partial charge in [-0.15, -0.1) is 0 Å². The number of hydrogen-bond donors (Lipinski definition) is 3. The fraction of sp³-hybridized carbons (Fsp3) is 0.391. The first-order valence-electron chi connectivity index (χ1n) is 20.7. The number of ether oxygens (including phenoxy) is 1. The summed E-state index contributed by atoms with van der Waals surface area (Å²) in [5, 5.41) is 4.95. The van der Waals surface area contributed by atoms with E-state index in [1.165, 1.54) is 20.6 Å². The van der Waals surface area contributed by atoms with Crippen molar-refractivity contribution in [1.82, 2.24) is 35.1 Å². The molecule has 2 fully saturated rings. The second-order valence-corrected chi connectivity index (χ2v) is 16.4. The third-order valence-corrected chi connectivity index (χ3v) is 11.8. The molecule has 60 heavy (non-hydrogen) atoms. The lowest BCUT2D eigenvalue weighted by molar-refractivity contribution is -0.188. The van der Waals surface area contributed by atoms with E-state index in [-0.39, 0.29) is 35.7 Å². The van der Waals surface area contributed by atoms with E-state index in [1.54, 1.807) is 0 Å². The zero-order valence-electron chi connectivity index (χ0n) is 34.9. The van der Waals surface area contributed by atoms with Gasteiger partial charge < -0.3 is 34.7 Å². The molecule has 0 spiro atoms. The summed E-state index contributed by atoms with van der Waals surface area (Å²) in [7, 11) is 2.70. The highest BCUT2D eigenvalue weighted by Gasteiger charge is 2.38. The van der Waals surface area contributed by atoms with Crippen LogP contribution in [-0.2, 0) is 24.1 Å². The molecular weight excluding hydrogens is 761 g/mol. The molecule has 3 N–H and O–H groups in total. The minimum Gasteiger partial charge on any atom is -0.453 e. The van der Waals surface area contributed by atoms with Gasteiger partial charge >= 0.3 is 6.09 Å². The summed E-state index contributed by atoms with van der Waals surface area (Å²) in [6.45, 7) is 9.01. The van der Waals surface area contributed by atoms with Gasteiger partial charge in [0.2, 0.25) is 18.2 Å². The lowest BCUT2D eigenvalue weighted by Crippen LogP contribution is -2.51. The van der Waals surface area contributed by atoms with Crippen LogP contribution in [0.15, 0.2) is 77.8 Å². The summed E-state index contributed by atoms with van der Waals surface area (Å²) >= 11 is 0. The Kier molecular flexibility index (Phi) is 11.6. The molecule has 8 rings (SSSR count). The molecule has 0 unspecified atom stereocenters. The molecule has 2 aliphatic heterocycles. The Morgan fingerprint density at radius 1 is 0.717 bits per heavy atom. The van der Waals surface area contributed by atoms with E-state index in [0.717, 1.165) is 92.4 Å². The Morgan fingerprint density at radius 2 is 1.22 bits per heavy atom. The average Bonchev–Trinajstić information content (AvgIpc) is 4.08. The predicted molar refractivity (Wildman–Crippen MR) is 231 cm³/mol. The second-order valence-electron chi connectivity index (χ2n) is 16.4. The number of carbonyl (C=O) groups is 3. The number of imidazole rings is 2. The van der Waals surface area contributed by atoms with Crippen molar-refractivity contribution in [3.05, 3.63) is 84.4 Å². The monoisotopic (exact) mass is 812 g/mol. The molecule has 3 amide bonds. The maximum absolute atomic E-state index is 13.7. The highest BCUT2D eigenvalue weighted by Crippen LogP contribution is 2.36. The number of aromatic nitrogens is 4. The normalized spacial score (nSPS) is 18.1. The van der Waals surface area contributed by atoms with Crippen LogP contribution in [0.5, 0.6) is 0 Å². The first-order valence-corrected chi connectivity index (χ1v) is 20.7. The van der Waals surface area contributed by atoms with E-state index in [4.69, 9.17) is 19.6 Å². The summed E-state index contributed by atoms with van der Waals surface area (Å²) in [5.74, 6) is 1.23. The van der Waals surface area contributed by atoms with Crippen LogP contribution < -0.4 is 5.32 Å². The van der Waals surface area contributed by atoms with Gasteiger partial charge in [-0.05, 0) is 107 Å². The van der Waals surface area contributed by atoms with Gasteiger partial charge in [-0.3, -0.25) is 9.59 Å². The number of nitrogens with one attached hydrogen (secondary N) is 3. The van der Waals surface area contributed by atoms with Gasteiger partial charge in [0, 0.05) is 13.1 Å².